The molecule has 1 aliphatic rings. The number of carbonyl (C=O) groups excluding carboxylic acids is 1. The molecule has 44 heavy (non-hydrogen) atoms. The average molecular weight is 589 g/mol. The fraction of sp³-hybridized carbons (Fsp3) is 0.265. The van der Waals surface area contributed by atoms with Crippen LogP contribution in [0.4, 0.5) is 17.3 Å². The SMILES string of the molecule is CCn1c(=O)c(-c2ccc(-c3ccnc(C(=O)NC)c3)cc2C)cc2cnc(Nc3ccc(N4CCN(C)CC4)cc3)nc21. The van der Waals surface area contributed by atoms with Crippen molar-refractivity contribution in [2.75, 3.05) is 50.5 Å². The second-order valence-electron chi connectivity index (χ2n) is 11.1. The number of pyridine rings is 2. The van der Waals surface area contributed by atoms with Gasteiger partial charge in [0.05, 0.1) is 0 Å². The van der Waals surface area contributed by atoms with Crippen molar-refractivity contribution >= 4 is 34.3 Å². The topological polar surface area (TPSA) is 108 Å². The highest BCUT2D eigenvalue weighted by Gasteiger charge is 2.17. The third-order valence-corrected chi connectivity index (χ3v) is 8.20. The Kier molecular flexibility index (Phi) is 8.08. The molecule has 2 aromatic carbocycles. The summed E-state index contributed by atoms with van der Waals surface area (Å²) in [6, 6.07) is 19.7. The van der Waals surface area contributed by atoms with E-state index >= 15 is 0 Å². The molecule has 5 aromatic rings. The Bertz CT molecular complexity index is 1890. The van der Waals surface area contributed by atoms with Gasteiger partial charge in [-0.3, -0.25) is 19.1 Å². The smallest absolute Gasteiger partial charge is 0.269 e. The van der Waals surface area contributed by atoms with Crippen LogP contribution in [0.3, 0.4) is 0 Å². The average Bonchev–Trinajstić information content (AvgIpc) is 3.05. The van der Waals surface area contributed by atoms with E-state index in [1.807, 2.05) is 56.3 Å². The lowest BCUT2D eigenvalue weighted by molar-refractivity contribution is 0.0958. The van der Waals surface area contributed by atoms with E-state index in [0.29, 0.717) is 29.4 Å². The molecule has 0 spiro atoms. The van der Waals surface area contributed by atoms with Crippen LogP contribution in [0.2, 0.25) is 0 Å². The largest absolute Gasteiger partial charge is 0.369 e. The Balaban J connectivity index is 1.27. The Morgan fingerprint density at radius 3 is 2.36 bits per heavy atom. The molecule has 0 unspecified atom stereocenters. The van der Waals surface area contributed by atoms with Crippen LogP contribution < -0.4 is 21.1 Å². The molecule has 1 saturated heterocycles. The molecule has 0 radical (unpaired) electrons. The molecule has 3 aromatic heterocycles. The lowest BCUT2D eigenvalue weighted by atomic mass is 9.96. The fourth-order valence-corrected chi connectivity index (χ4v) is 5.66. The van der Waals surface area contributed by atoms with E-state index in [0.717, 1.165) is 59.5 Å². The van der Waals surface area contributed by atoms with E-state index in [1.54, 1.807) is 30.1 Å². The van der Waals surface area contributed by atoms with E-state index < -0.39 is 0 Å². The summed E-state index contributed by atoms with van der Waals surface area (Å²) in [5.41, 5.74) is 7.10. The number of likely N-dealkylation sites (N-methyl/N-ethyl adjacent to an activating group) is 1. The molecule has 0 aliphatic carbocycles. The van der Waals surface area contributed by atoms with Gasteiger partial charge in [0.25, 0.3) is 11.5 Å². The lowest BCUT2D eigenvalue weighted by Crippen LogP contribution is -2.44. The van der Waals surface area contributed by atoms with Gasteiger partial charge < -0.3 is 20.4 Å². The molecule has 0 saturated carbocycles. The zero-order valence-corrected chi connectivity index (χ0v) is 25.5. The summed E-state index contributed by atoms with van der Waals surface area (Å²) in [6.45, 7) is 8.55. The standard InChI is InChI=1S/C34H36N8O2/c1-5-42-31-25(21-37-34(39-31)38-26-7-9-27(10-8-26)41-16-14-40(4)15-17-41)19-29(33(42)44)28-11-6-23(18-22(28)2)24-12-13-36-30(20-24)32(43)35-3/h6-13,18-21H,5,14-17H2,1-4H3,(H,35,43)(H,37,38,39). The number of benzene rings is 2. The van der Waals surface area contributed by atoms with Gasteiger partial charge in [0.15, 0.2) is 0 Å². The first-order valence-corrected chi connectivity index (χ1v) is 14.9. The van der Waals surface area contributed by atoms with Crippen molar-refractivity contribution in [2.45, 2.75) is 20.4 Å². The zero-order chi connectivity index (χ0) is 30.8. The summed E-state index contributed by atoms with van der Waals surface area (Å²) in [5, 5.41) is 6.69. The van der Waals surface area contributed by atoms with Crippen molar-refractivity contribution in [1.82, 2.24) is 29.7 Å². The van der Waals surface area contributed by atoms with Gasteiger partial charge in [0.2, 0.25) is 5.95 Å². The van der Waals surface area contributed by atoms with Gasteiger partial charge in [-0.2, -0.15) is 4.98 Å². The number of hydrogen-bond acceptors (Lipinski definition) is 8. The minimum Gasteiger partial charge on any atom is -0.369 e. The summed E-state index contributed by atoms with van der Waals surface area (Å²) >= 11 is 0. The number of nitrogens with zero attached hydrogens (tertiary/aromatic N) is 6. The van der Waals surface area contributed by atoms with Crippen LogP contribution in [-0.4, -0.2) is 70.6 Å². The first kappa shape index (κ1) is 29.0. The Morgan fingerprint density at radius 2 is 1.66 bits per heavy atom. The van der Waals surface area contributed by atoms with Crippen LogP contribution in [0.1, 0.15) is 23.0 Å². The van der Waals surface area contributed by atoms with Crippen LogP contribution in [0.25, 0.3) is 33.3 Å². The van der Waals surface area contributed by atoms with Gasteiger partial charge in [-0.25, -0.2) is 4.98 Å². The summed E-state index contributed by atoms with van der Waals surface area (Å²) in [5.74, 6) is 0.198. The van der Waals surface area contributed by atoms with Crippen LogP contribution >= 0.6 is 0 Å². The highest BCUT2D eigenvalue weighted by molar-refractivity contribution is 5.93. The first-order chi connectivity index (χ1) is 21.3. The Labute approximate surface area is 256 Å². The van der Waals surface area contributed by atoms with Crippen molar-refractivity contribution < 1.29 is 4.79 Å². The van der Waals surface area contributed by atoms with Crippen molar-refractivity contribution in [3.63, 3.8) is 0 Å². The number of anilines is 3. The fourth-order valence-electron chi connectivity index (χ4n) is 5.66. The highest BCUT2D eigenvalue weighted by atomic mass is 16.1. The summed E-state index contributed by atoms with van der Waals surface area (Å²) in [4.78, 5) is 44.1. The van der Waals surface area contributed by atoms with Crippen LogP contribution in [0, 0.1) is 6.92 Å². The van der Waals surface area contributed by atoms with Gasteiger partial charge in [0, 0.05) is 74.5 Å². The number of aromatic nitrogens is 4. The van der Waals surface area contributed by atoms with E-state index in [2.05, 4.69) is 49.6 Å². The zero-order valence-electron chi connectivity index (χ0n) is 25.5. The van der Waals surface area contributed by atoms with Crippen LogP contribution in [0.5, 0.6) is 0 Å². The number of aryl methyl sites for hydroxylation is 2. The molecule has 1 aliphatic heterocycles. The molecule has 1 amide bonds. The van der Waals surface area contributed by atoms with Gasteiger partial charge in [-0.15, -0.1) is 0 Å². The molecule has 6 rings (SSSR count). The minimum absolute atomic E-state index is 0.108. The Morgan fingerprint density at radius 1 is 0.909 bits per heavy atom. The second kappa shape index (κ2) is 12.3. The van der Waals surface area contributed by atoms with Gasteiger partial charge >= 0.3 is 0 Å². The van der Waals surface area contributed by atoms with E-state index in [-0.39, 0.29) is 11.5 Å². The van der Waals surface area contributed by atoms with Gasteiger partial charge in [0.1, 0.15) is 11.3 Å². The number of amides is 1. The Hall–Kier alpha value is -5.09. The summed E-state index contributed by atoms with van der Waals surface area (Å²) in [7, 11) is 3.74. The van der Waals surface area contributed by atoms with Gasteiger partial charge in [-0.1, -0.05) is 18.2 Å². The second-order valence-corrected chi connectivity index (χ2v) is 11.1. The highest BCUT2D eigenvalue weighted by Crippen LogP contribution is 2.29. The summed E-state index contributed by atoms with van der Waals surface area (Å²) < 4.78 is 1.69. The molecule has 224 valence electrons. The molecule has 10 nitrogen and oxygen atoms in total. The van der Waals surface area contributed by atoms with Crippen LogP contribution in [-0.2, 0) is 6.54 Å². The normalized spacial score (nSPS) is 13.7. The van der Waals surface area contributed by atoms with E-state index in [4.69, 9.17) is 4.98 Å². The van der Waals surface area contributed by atoms with E-state index in [1.165, 1.54) is 5.69 Å². The predicted molar refractivity (Wildman–Crippen MR) is 176 cm³/mol. The third kappa shape index (κ3) is 5.76. The molecule has 2 N–H and O–H groups in total. The maximum atomic E-state index is 13.8. The van der Waals surface area contributed by atoms with Crippen molar-refractivity contribution in [3.05, 3.63) is 94.7 Å². The quantitative estimate of drug-likeness (QED) is 0.282. The molecule has 0 bridgehead atoms. The number of hydrogen-bond donors (Lipinski definition) is 2. The molecule has 1 fully saturated rings. The predicted octanol–water partition coefficient (Wildman–Crippen LogP) is 4.70. The third-order valence-electron chi connectivity index (χ3n) is 8.20. The molecular formula is C34H36N8O2. The molecule has 0 atom stereocenters. The first-order valence-electron chi connectivity index (χ1n) is 14.9. The van der Waals surface area contributed by atoms with Crippen molar-refractivity contribution in [1.29, 1.82) is 0 Å². The number of piperazine rings is 1. The molecule has 4 heterocycles. The maximum absolute atomic E-state index is 13.8. The van der Waals surface area contributed by atoms with Crippen molar-refractivity contribution in [3.8, 4) is 22.3 Å². The number of rotatable bonds is 7. The van der Waals surface area contributed by atoms with Crippen molar-refractivity contribution in [2.24, 2.45) is 0 Å². The maximum Gasteiger partial charge on any atom is 0.269 e. The molecule has 10 heteroatoms. The molecular weight excluding hydrogens is 552 g/mol. The number of fused-ring (bicyclic) bond motifs is 1. The monoisotopic (exact) mass is 588 g/mol. The lowest BCUT2D eigenvalue weighted by Gasteiger charge is -2.34. The van der Waals surface area contributed by atoms with Gasteiger partial charge in [-0.05, 0) is 85.6 Å². The van der Waals surface area contributed by atoms with E-state index in [9.17, 15) is 9.59 Å². The minimum atomic E-state index is -0.240. The number of nitrogens with one attached hydrogen (secondary N) is 2. The summed E-state index contributed by atoms with van der Waals surface area (Å²) in [6.07, 6.45) is 3.39. The van der Waals surface area contributed by atoms with Crippen LogP contribution in [0.15, 0.2) is 77.9 Å². The number of carbonyl (C=O) groups is 1.